The van der Waals surface area contributed by atoms with Crippen LogP contribution >= 0.6 is 35.3 Å². The lowest BCUT2D eigenvalue weighted by molar-refractivity contribution is 0.372. The first kappa shape index (κ1) is 19.7. The molecule has 25 heavy (non-hydrogen) atoms. The van der Waals surface area contributed by atoms with E-state index in [1.165, 1.54) is 0 Å². The van der Waals surface area contributed by atoms with Gasteiger partial charge in [-0.25, -0.2) is 9.98 Å². The molecule has 0 aliphatic heterocycles. The van der Waals surface area contributed by atoms with Crippen LogP contribution in [0, 0.1) is 0 Å². The Labute approximate surface area is 167 Å². The van der Waals surface area contributed by atoms with Gasteiger partial charge in [-0.15, -0.1) is 35.3 Å². The average molecular weight is 474 g/mol. The van der Waals surface area contributed by atoms with Gasteiger partial charge in [0.1, 0.15) is 0 Å². The van der Waals surface area contributed by atoms with E-state index in [0.29, 0.717) is 19.0 Å². The highest BCUT2D eigenvalue weighted by molar-refractivity contribution is 14.0. The Morgan fingerprint density at radius 2 is 2.24 bits per heavy atom. The number of nitrogens with zero attached hydrogens (tertiary/aromatic N) is 4. The topological polar surface area (TPSA) is 79.8 Å². The molecule has 7 nitrogen and oxygen atoms in total. The molecule has 0 aliphatic rings. The molecule has 3 aromatic heterocycles. The van der Waals surface area contributed by atoms with E-state index in [-0.39, 0.29) is 24.0 Å². The Balaban J connectivity index is 0.00000225. The Morgan fingerprint density at radius 3 is 2.92 bits per heavy atom. The molecule has 3 aromatic rings. The molecule has 0 radical (unpaired) electrons. The molecule has 2 N–H and O–H groups in total. The maximum atomic E-state index is 5.34. The van der Waals surface area contributed by atoms with Gasteiger partial charge in [0.15, 0.2) is 16.7 Å². The predicted octanol–water partition coefficient (Wildman–Crippen LogP) is 3.38. The minimum Gasteiger partial charge on any atom is -0.359 e. The molecule has 3 heterocycles. The zero-order chi connectivity index (χ0) is 16.9. The van der Waals surface area contributed by atoms with E-state index in [1.807, 2.05) is 35.2 Å². The van der Waals surface area contributed by atoms with E-state index >= 15 is 0 Å². The van der Waals surface area contributed by atoms with Gasteiger partial charge in [0.05, 0.1) is 24.5 Å². The Kier molecular flexibility index (Phi) is 7.24. The molecule has 0 bridgehead atoms. The van der Waals surface area contributed by atoms with Crippen LogP contribution in [-0.4, -0.2) is 27.0 Å². The lowest BCUT2D eigenvalue weighted by Crippen LogP contribution is -2.36. The number of rotatable bonds is 6. The molecule has 0 amide bonds. The molecule has 0 atom stereocenters. The average Bonchev–Trinajstić information content (AvgIpc) is 3.25. The molecular formula is C16H23IN6OS. The van der Waals surface area contributed by atoms with Crippen LogP contribution < -0.4 is 10.6 Å². The van der Waals surface area contributed by atoms with E-state index in [2.05, 4.69) is 39.6 Å². The first-order chi connectivity index (χ1) is 11.7. The molecule has 0 aromatic carbocycles. The SMILES string of the molecule is CCNC(=NCc1cn2ccsc2n1)NCc1cc(C(C)C)no1.I. The summed E-state index contributed by atoms with van der Waals surface area (Å²) in [5.41, 5.74) is 1.91. The fourth-order valence-corrected chi connectivity index (χ4v) is 2.93. The summed E-state index contributed by atoms with van der Waals surface area (Å²) in [5.74, 6) is 1.89. The maximum absolute atomic E-state index is 5.34. The summed E-state index contributed by atoms with van der Waals surface area (Å²) in [6, 6.07) is 1.98. The molecule has 9 heteroatoms. The number of aromatic nitrogens is 3. The molecule has 0 unspecified atom stereocenters. The van der Waals surface area contributed by atoms with Crippen LogP contribution in [0.1, 0.15) is 43.8 Å². The predicted molar refractivity (Wildman–Crippen MR) is 111 cm³/mol. The summed E-state index contributed by atoms with van der Waals surface area (Å²) in [5, 5.41) is 12.6. The van der Waals surface area contributed by atoms with E-state index in [0.717, 1.165) is 34.6 Å². The van der Waals surface area contributed by atoms with Gasteiger partial charge in [-0.2, -0.15) is 0 Å². The number of aliphatic imine (C=N–C) groups is 1. The quantitative estimate of drug-likeness (QED) is 0.325. The molecule has 136 valence electrons. The molecule has 3 rings (SSSR count). The van der Waals surface area contributed by atoms with Crippen molar-refractivity contribution in [3.63, 3.8) is 0 Å². The second-order valence-electron chi connectivity index (χ2n) is 5.75. The summed E-state index contributed by atoms with van der Waals surface area (Å²) in [4.78, 5) is 10.1. The first-order valence-corrected chi connectivity index (χ1v) is 8.92. The second kappa shape index (κ2) is 9.18. The van der Waals surface area contributed by atoms with Crippen LogP contribution in [0.15, 0.2) is 33.4 Å². The number of halogens is 1. The lowest BCUT2D eigenvalue weighted by atomic mass is 10.1. The zero-order valence-corrected chi connectivity index (χ0v) is 17.7. The monoisotopic (exact) mass is 474 g/mol. The molecule has 0 aliphatic carbocycles. The van der Waals surface area contributed by atoms with Gasteiger partial charge in [0, 0.05) is 30.4 Å². The standard InChI is InChI=1S/C16H22N6OS.HI/c1-4-17-15(19-9-13-7-14(11(2)3)21-23-13)18-8-12-10-22-5-6-24-16(22)20-12;/h5-7,10-11H,4,8-9H2,1-3H3,(H2,17,18,19);1H. The van der Waals surface area contributed by atoms with Crippen LogP contribution in [-0.2, 0) is 13.1 Å². The minimum absolute atomic E-state index is 0. The maximum Gasteiger partial charge on any atom is 0.193 e. The van der Waals surface area contributed by atoms with Crippen molar-refractivity contribution >= 4 is 46.2 Å². The molecule has 0 saturated heterocycles. The summed E-state index contributed by atoms with van der Waals surface area (Å²) in [6.07, 6.45) is 4.00. The van der Waals surface area contributed by atoms with E-state index in [4.69, 9.17) is 4.52 Å². The van der Waals surface area contributed by atoms with Crippen molar-refractivity contribution in [2.24, 2.45) is 4.99 Å². The van der Waals surface area contributed by atoms with E-state index in [1.54, 1.807) is 11.3 Å². The smallest absolute Gasteiger partial charge is 0.193 e. The van der Waals surface area contributed by atoms with Gasteiger partial charge in [0.25, 0.3) is 0 Å². The lowest BCUT2D eigenvalue weighted by Gasteiger charge is -2.09. The molecule has 0 spiro atoms. The first-order valence-electron chi connectivity index (χ1n) is 8.04. The Morgan fingerprint density at radius 1 is 1.40 bits per heavy atom. The van der Waals surface area contributed by atoms with Crippen molar-refractivity contribution in [1.82, 2.24) is 25.2 Å². The highest BCUT2D eigenvalue weighted by Crippen LogP contribution is 2.14. The molecule has 0 fully saturated rings. The minimum atomic E-state index is 0. The van der Waals surface area contributed by atoms with E-state index < -0.39 is 0 Å². The number of hydrogen-bond acceptors (Lipinski definition) is 5. The number of hydrogen-bond donors (Lipinski definition) is 2. The van der Waals surface area contributed by atoms with Gasteiger partial charge in [-0.1, -0.05) is 19.0 Å². The van der Waals surface area contributed by atoms with Crippen molar-refractivity contribution in [2.75, 3.05) is 6.54 Å². The fraction of sp³-hybridized carbons (Fsp3) is 0.438. The molecular weight excluding hydrogens is 451 g/mol. The van der Waals surface area contributed by atoms with Gasteiger partial charge >= 0.3 is 0 Å². The van der Waals surface area contributed by atoms with Crippen molar-refractivity contribution < 1.29 is 4.52 Å². The highest BCUT2D eigenvalue weighted by atomic mass is 127. The normalized spacial score (nSPS) is 11.8. The van der Waals surface area contributed by atoms with Crippen LogP contribution in [0.2, 0.25) is 0 Å². The van der Waals surface area contributed by atoms with E-state index in [9.17, 15) is 0 Å². The zero-order valence-electron chi connectivity index (χ0n) is 14.5. The Hall–Kier alpha value is -1.62. The van der Waals surface area contributed by atoms with Gasteiger partial charge in [-0.05, 0) is 12.8 Å². The van der Waals surface area contributed by atoms with Gasteiger partial charge in [-0.3, -0.25) is 4.40 Å². The Bertz CT molecular complexity index is 793. The van der Waals surface area contributed by atoms with Gasteiger partial charge in [0.2, 0.25) is 0 Å². The molecule has 0 saturated carbocycles. The van der Waals surface area contributed by atoms with Crippen molar-refractivity contribution in [3.05, 3.63) is 41.0 Å². The van der Waals surface area contributed by atoms with Crippen LogP contribution in [0.3, 0.4) is 0 Å². The number of fused-ring (bicyclic) bond motifs is 1. The number of nitrogens with one attached hydrogen (secondary N) is 2. The third kappa shape index (κ3) is 5.18. The number of imidazole rings is 1. The highest BCUT2D eigenvalue weighted by Gasteiger charge is 2.08. The third-order valence-electron chi connectivity index (χ3n) is 3.49. The summed E-state index contributed by atoms with van der Waals surface area (Å²) in [6.45, 7) is 8.08. The third-order valence-corrected chi connectivity index (χ3v) is 4.26. The summed E-state index contributed by atoms with van der Waals surface area (Å²) >= 11 is 1.62. The largest absolute Gasteiger partial charge is 0.359 e. The number of thiazole rings is 1. The summed E-state index contributed by atoms with van der Waals surface area (Å²) in [7, 11) is 0. The van der Waals surface area contributed by atoms with Gasteiger partial charge < -0.3 is 15.2 Å². The fourth-order valence-electron chi connectivity index (χ4n) is 2.21. The van der Waals surface area contributed by atoms with Crippen LogP contribution in [0.25, 0.3) is 4.96 Å². The van der Waals surface area contributed by atoms with Crippen molar-refractivity contribution in [2.45, 2.75) is 39.8 Å². The van der Waals surface area contributed by atoms with Crippen LogP contribution in [0.5, 0.6) is 0 Å². The van der Waals surface area contributed by atoms with Crippen molar-refractivity contribution in [1.29, 1.82) is 0 Å². The second-order valence-corrected chi connectivity index (χ2v) is 6.62. The summed E-state index contributed by atoms with van der Waals surface area (Å²) < 4.78 is 7.35. The van der Waals surface area contributed by atoms with Crippen LogP contribution in [0.4, 0.5) is 0 Å². The number of guanidine groups is 1. The van der Waals surface area contributed by atoms with Crippen molar-refractivity contribution in [3.8, 4) is 0 Å².